The van der Waals surface area contributed by atoms with Gasteiger partial charge in [-0.05, 0) is 227 Å². The Labute approximate surface area is 340 Å². The van der Waals surface area contributed by atoms with Gasteiger partial charge in [0.2, 0.25) is 0 Å². The molecule has 0 N–H and O–H groups in total. The zero-order chi connectivity index (χ0) is 41.3. The van der Waals surface area contributed by atoms with E-state index < -0.39 is 0 Å². The SMILES string of the molecule is Cc1cc(C)c(C)cc1C.Cc1ccc(-c2ccc(C)c(C)c2)cc1C.Cc1ccc(C)c2c(C)cccc12.Cc1ccc(Cc2ccc(C)c(C)c2)cc1C. The summed E-state index contributed by atoms with van der Waals surface area (Å²) in [5.74, 6) is 0. The van der Waals surface area contributed by atoms with E-state index in [2.05, 4.69) is 219 Å². The van der Waals surface area contributed by atoms with Crippen LogP contribution in [-0.4, -0.2) is 0 Å². The maximum absolute atomic E-state index is 2.30. The average Bonchev–Trinajstić information content (AvgIpc) is 3.15. The second-order valence-electron chi connectivity index (χ2n) is 16.3. The van der Waals surface area contributed by atoms with Crippen molar-refractivity contribution in [2.45, 2.75) is 110 Å². The molecule has 0 amide bonds. The van der Waals surface area contributed by atoms with Gasteiger partial charge in [0.15, 0.2) is 0 Å². The van der Waals surface area contributed by atoms with Gasteiger partial charge in [-0.15, -0.1) is 0 Å². The third kappa shape index (κ3) is 11.7. The monoisotopic (exact) mass is 739 g/mol. The minimum atomic E-state index is 1.03. The Morgan fingerprint density at radius 3 is 0.946 bits per heavy atom. The number of fused-ring (bicyclic) bond motifs is 1. The van der Waals surface area contributed by atoms with Gasteiger partial charge in [0.25, 0.3) is 0 Å². The van der Waals surface area contributed by atoms with Crippen molar-refractivity contribution in [2.75, 3.05) is 0 Å². The lowest BCUT2D eigenvalue weighted by atomic mass is 9.97. The Kier molecular flexibility index (Phi) is 15.2. The predicted molar refractivity (Wildman–Crippen MR) is 249 cm³/mol. The summed E-state index contributed by atoms with van der Waals surface area (Å²) in [6.45, 7) is 32.5. The first-order chi connectivity index (χ1) is 26.4. The van der Waals surface area contributed by atoms with Gasteiger partial charge in [0.1, 0.15) is 0 Å². The van der Waals surface area contributed by atoms with Gasteiger partial charge >= 0.3 is 0 Å². The third-order valence-electron chi connectivity index (χ3n) is 11.7. The molecule has 7 rings (SSSR count). The van der Waals surface area contributed by atoms with Gasteiger partial charge in [-0.2, -0.15) is 0 Å². The Bertz CT molecular complexity index is 2280. The van der Waals surface area contributed by atoms with Crippen LogP contribution in [0.15, 0.2) is 115 Å². The maximum atomic E-state index is 2.30. The minimum Gasteiger partial charge on any atom is -0.0614 e. The Hall–Kier alpha value is -5.20. The molecule has 0 aromatic heterocycles. The van der Waals surface area contributed by atoms with E-state index in [-0.39, 0.29) is 0 Å². The molecule has 0 radical (unpaired) electrons. The number of hydrogen-bond donors (Lipinski definition) is 0. The lowest BCUT2D eigenvalue weighted by Crippen LogP contribution is -1.92. The van der Waals surface area contributed by atoms with Crippen molar-refractivity contribution in [1.82, 2.24) is 0 Å². The number of rotatable bonds is 3. The van der Waals surface area contributed by atoms with E-state index in [1.54, 1.807) is 0 Å². The molecule has 7 aromatic rings. The van der Waals surface area contributed by atoms with Gasteiger partial charge in [-0.25, -0.2) is 0 Å². The largest absolute Gasteiger partial charge is 0.0614 e. The van der Waals surface area contributed by atoms with Crippen LogP contribution in [0.5, 0.6) is 0 Å². The zero-order valence-electron chi connectivity index (χ0n) is 37.2. The standard InChI is InChI=1S/C17H20.C16H18.C13H14.C10H14/c1-12-5-7-16(9-14(12)3)11-17-8-6-13(2)15(4)10-17;1-11-5-7-15(9-13(11)3)16-8-6-12(2)14(4)10-16;1-9-7-8-11(3)13-10(2)5-4-6-12(9)13;1-7-5-9(3)10(4)6-8(7)2/h5-10H,11H2,1-4H3;5-10H,1-4H3;4-8H,1-3H3;5-6H,1-4H3. The van der Waals surface area contributed by atoms with Gasteiger partial charge in [0.05, 0.1) is 0 Å². The van der Waals surface area contributed by atoms with Gasteiger partial charge < -0.3 is 0 Å². The molecule has 0 aliphatic carbocycles. The summed E-state index contributed by atoms with van der Waals surface area (Å²) in [5, 5.41) is 2.81. The van der Waals surface area contributed by atoms with Crippen LogP contribution in [0.3, 0.4) is 0 Å². The Morgan fingerprint density at radius 1 is 0.250 bits per heavy atom. The zero-order valence-corrected chi connectivity index (χ0v) is 37.2. The van der Waals surface area contributed by atoms with Crippen LogP contribution in [0.4, 0.5) is 0 Å². The maximum Gasteiger partial charge on any atom is -0.00256 e. The van der Waals surface area contributed by atoms with Crippen LogP contribution < -0.4 is 0 Å². The van der Waals surface area contributed by atoms with Gasteiger partial charge in [0, 0.05) is 0 Å². The molecule has 0 unspecified atom stereocenters. The summed E-state index contributed by atoms with van der Waals surface area (Å²) in [4.78, 5) is 0. The van der Waals surface area contributed by atoms with Gasteiger partial charge in [-0.1, -0.05) is 115 Å². The molecule has 56 heavy (non-hydrogen) atoms. The number of aryl methyl sites for hydroxylation is 15. The summed E-state index contributed by atoms with van der Waals surface area (Å²) in [7, 11) is 0. The highest BCUT2D eigenvalue weighted by atomic mass is 14.1. The molecular weight excluding hydrogens is 673 g/mol. The fraction of sp³-hybridized carbons (Fsp3) is 0.286. The second-order valence-corrected chi connectivity index (χ2v) is 16.3. The van der Waals surface area contributed by atoms with Crippen LogP contribution in [0.2, 0.25) is 0 Å². The summed E-state index contributed by atoms with van der Waals surface area (Å²) in [6, 6.07) is 42.2. The molecule has 0 heteroatoms. The van der Waals surface area contributed by atoms with Crippen molar-refractivity contribution >= 4 is 10.8 Å². The molecular formula is C56H66. The highest BCUT2D eigenvalue weighted by Crippen LogP contribution is 2.26. The summed E-state index contributed by atoms with van der Waals surface area (Å²) in [6.07, 6.45) is 1.03. The van der Waals surface area contributed by atoms with Crippen molar-refractivity contribution in [3.8, 4) is 11.1 Å². The molecule has 0 bridgehead atoms. The predicted octanol–water partition coefficient (Wildman–Crippen LogP) is 15.8. The lowest BCUT2D eigenvalue weighted by Gasteiger charge is -2.08. The van der Waals surface area contributed by atoms with E-state index in [0.717, 1.165) is 6.42 Å². The van der Waals surface area contributed by atoms with Crippen LogP contribution in [0.25, 0.3) is 21.9 Å². The molecule has 7 aromatic carbocycles. The molecule has 0 atom stereocenters. The lowest BCUT2D eigenvalue weighted by molar-refractivity contribution is 1.15. The average molecular weight is 739 g/mol. The van der Waals surface area contributed by atoms with E-state index in [1.807, 2.05) is 0 Å². The van der Waals surface area contributed by atoms with Crippen molar-refractivity contribution in [2.24, 2.45) is 0 Å². The first-order valence-corrected chi connectivity index (χ1v) is 20.2. The summed E-state index contributed by atoms with van der Waals surface area (Å²) >= 11 is 0. The molecule has 0 nitrogen and oxygen atoms in total. The topological polar surface area (TPSA) is 0 Å². The third-order valence-corrected chi connectivity index (χ3v) is 11.7. The first-order valence-electron chi connectivity index (χ1n) is 20.2. The van der Waals surface area contributed by atoms with Crippen LogP contribution in [-0.2, 0) is 6.42 Å². The number of benzene rings is 7. The van der Waals surface area contributed by atoms with Gasteiger partial charge in [-0.3, -0.25) is 0 Å². The van der Waals surface area contributed by atoms with E-state index >= 15 is 0 Å². The molecule has 0 saturated heterocycles. The van der Waals surface area contributed by atoms with Crippen LogP contribution in [0, 0.1) is 104 Å². The summed E-state index contributed by atoms with van der Waals surface area (Å²) < 4.78 is 0. The first kappa shape index (κ1) is 43.5. The highest BCUT2D eigenvalue weighted by molar-refractivity contribution is 5.91. The quantitative estimate of drug-likeness (QED) is 0.169. The number of hydrogen-bond acceptors (Lipinski definition) is 0. The fourth-order valence-corrected chi connectivity index (χ4v) is 6.95. The Morgan fingerprint density at radius 2 is 0.571 bits per heavy atom. The van der Waals surface area contributed by atoms with E-state index in [0.29, 0.717) is 0 Å². The molecule has 0 saturated carbocycles. The molecule has 0 heterocycles. The van der Waals surface area contributed by atoms with Crippen molar-refractivity contribution in [1.29, 1.82) is 0 Å². The summed E-state index contributed by atoms with van der Waals surface area (Å²) in [5.41, 5.74) is 26.0. The Balaban J connectivity index is 0.000000169. The van der Waals surface area contributed by atoms with Crippen molar-refractivity contribution < 1.29 is 0 Å². The van der Waals surface area contributed by atoms with Crippen molar-refractivity contribution in [3.63, 3.8) is 0 Å². The fourth-order valence-electron chi connectivity index (χ4n) is 6.95. The molecule has 0 aliphatic heterocycles. The minimum absolute atomic E-state index is 1.03. The smallest absolute Gasteiger partial charge is 0.00256 e. The van der Waals surface area contributed by atoms with Crippen LogP contribution in [0.1, 0.15) is 94.6 Å². The van der Waals surface area contributed by atoms with Crippen LogP contribution >= 0.6 is 0 Å². The van der Waals surface area contributed by atoms with E-state index in [1.165, 1.54) is 116 Å². The molecule has 0 fully saturated rings. The molecule has 0 spiro atoms. The molecule has 0 aliphatic rings. The van der Waals surface area contributed by atoms with Crippen molar-refractivity contribution in [3.05, 3.63) is 210 Å². The van der Waals surface area contributed by atoms with E-state index in [9.17, 15) is 0 Å². The van der Waals surface area contributed by atoms with E-state index in [4.69, 9.17) is 0 Å². The normalized spacial score (nSPS) is 10.5. The molecule has 290 valence electrons. The highest BCUT2D eigenvalue weighted by Gasteiger charge is 2.04. The second kappa shape index (κ2) is 19.6.